The highest BCUT2D eigenvalue weighted by Gasteiger charge is 2.36. The fraction of sp³-hybridized carbons (Fsp3) is 0.0855. The lowest BCUT2D eigenvalue weighted by Crippen LogP contribution is -2.10. The van der Waals surface area contributed by atoms with Gasteiger partial charge in [0.05, 0.1) is 88.9 Å². The molecule has 0 saturated carbocycles. The van der Waals surface area contributed by atoms with Gasteiger partial charge in [0, 0.05) is 103 Å². The Hall–Kier alpha value is -19.1. The number of H-pyrrole nitrogens is 1. The maximum Gasteiger partial charge on any atom is 0.433 e. The van der Waals surface area contributed by atoms with Gasteiger partial charge in [0.15, 0.2) is 29.1 Å². The second kappa shape index (κ2) is 44.8. The normalized spacial score (nSPS) is 11.0. The Morgan fingerprint density at radius 3 is 0.959 bits per heavy atom. The lowest BCUT2D eigenvalue weighted by atomic mass is 9.98. The van der Waals surface area contributed by atoms with Gasteiger partial charge in [-0.25, -0.2) is 64.2 Å². The van der Waals surface area contributed by atoms with Crippen molar-refractivity contribution in [3.63, 3.8) is 0 Å². The number of nitrogens with zero attached hydrogens (tertiary/aromatic N) is 14. The molecule has 147 heavy (non-hydrogen) atoms. The van der Waals surface area contributed by atoms with E-state index in [1.54, 1.807) is 169 Å². The second-order valence-corrected chi connectivity index (χ2v) is 33.8. The summed E-state index contributed by atoms with van der Waals surface area (Å²) in [6.07, 6.45) is 8.40. The van der Waals surface area contributed by atoms with Gasteiger partial charge in [0.2, 0.25) is 0 Å². The molecule has 4 N–H and O–H groups in total. The summed E-state index contributed by atoms with van der Waals surface area (Å²) in [5.41, 5.74) is 24.9. The lowest BCUT2D eigenvalue weighted by molar-refractivity contribution is -0.141. The molecular weight excluding hydrogens is 1870 g/mol. The highest BCUT2D eigenvalue weighted by atomic mass is 19.4. The van der Waals surface area contributed by atoms with Crippen LogP contribution in [0.2, 0.25) is 0 Å². The van der Waals surface area contributed by atoms with Crippen LogP contribution in [0.1, 0.15) is 89.2 Å². The molecule has 0 amide bonds. The number of aromatic carboxylic acids is 3. The van der Waals surface area contributed by atoms with Crippen molar-refractivity contribution >= 4 is 17.9 Å². The molecule has 11 aromatic heterocycles. The number of nitrogens with one attached hydrogen (secondary N) is 1. The summed E-state index contributed by atoms with van der Waals surface area (Å²) in [7, 11) is 0. The first-order valence-electron chi connectivity index (χ1n) is 45.4. The average molecular weight is 1960 g/mol. The Bertz CT molecular complexity index is 8300. The Balaban J connectivity index is 0.000000132. The lowest BCUT2D eigenvalue weighted by Gasteiger charge is -2.12. The molecule has 0 atom stereocenters. The van der Waals surface area contributed by atoms with Gasteiger partial charge >= 0.3 is 30.3 Å². The zero-order valence-corrected chi connectivity index (χ0v) is 79.0. The number of carboxylic acids is 3. The first kappa shape index (κ1) is 101. The van der Waals surface area contributed by atoms with Crippen molar-refractivity contribution in [2.45, 2.75) is 68.2 Å². The molecule has 24 nitrogen and oxygen atoms in total. The molecule has 11 heterocycles. The van der Waals surface area contributed by atoms with E-state index in [-0.39, 0.29) is 36.0 Å². The van der Waals surface area contributed by atoms with Gasteiger partial charge in [0.1, 0.15) is 17.1 Å². The molecule has 0 aliphatic heterocycles. The highest BCUT2D eigenvalue weighted by molar-refractivity contribution is 5.94. The van der Waals surface area contributed by atoms with Gasteiger partial charge in [-0.15, -0.1) is 0 Å². The number of rotatable bonds is 19. The van der Waals surface area contributed by atoms with Crippen LogP contribution in [0.4, 0.5) is 26.3 Å². The Morgan fingerprint density at radius 1 is 0.272 bits per heavy atom. The van der Waals surface area contributed by atoms with Crippen LogP contribution in [0.25, 0.3) is 180 Å². The number of aromatic amines is 1. The van der Waals surface area contributed by atoms with Crippen molar-refractivity contribution in [1.82, 2.24) is 75.2 Å². The van der Waals surface area contributed by atoms with Crippen LogP contribution in [0, 0.1) is 48.5 Å². The van der Waals surface area contributed by atoms with Crippen LogP contribution in [0.3, 0.4) is 0 Å². The van der Waals surface area contributed by atoms with Crippen LogP contribution < -0.4 is 0 Å². The molecule has 30 heteroatoms. The number of aryl methyl sites for hydroxylation is 7. The fourth-order valence-electron chi connectivity index (χ4n) is 15.8. The molecule has 0 saturated heterocycles. The maximum atomic E-state index is 13.6. The third kappa shape index (κ3) is 24.9. The highest BCUT2D eigenvalue weighted by Crippen LogP contribution is 2.40. The van der Waals surface area contributed by atoms with Gasteiger partial charge in [-0.1, -0.05) is 183 Å². The molecule has 0 bridgehead atoms. The monoisotopic (exact) mass is 1960 g/mol. The molecule has 0 unspecified atom stereocenters. The van der Waals surface area contributed by atoms with Crippen molar-refractivity contribution in [3.8, 4) is 180 Å². The summed E-state index contributed by atoms with van der Waals surface area (Å²) in [5.74, 6) is -1.08. The Morgan fingerprint density at radius 2 is 0.605 bits per heavy atom. The molecule has 0 aliphatic rings. The summed E-state index contributed by atoms with van der Waals surface area (Å²) in [5, 5.41) is 38.7. The molecule has 0 spiro atoms. The second-order valence-electron chi connectivity index (χ2n) is 33.8. The molecule has 0 aliphatic carbocycles. The van der Waals surface area contributed by atoms with E-state index in [2.05, 4.69) is 120 Å². The number of hydrogen-bond acceptors (Lipinski definition) is 20. The van der Waals surface area contributed by atoms with Crippen LogP contribution >= 0.6 is 0 Å². The van der Waals surface area contributed by atoms with Gasteiger partial charge in [-0.05, 0) is 248 Å². The van der Waals surface area contributed by atoms with Crippen LogP contribution in [-0.2, 0) is 12.4 Å². The molecular formula is C117H89F6N15O9. The van der Waals surface area contributed by atoms with Crippen LogP contribution in [-0.4, -0.2) is 108 Å². The predicted octanol–water partition coefficient (Wildman–Crippen LogP) is 28.7. The summed E-state index contributed by atoms with van der Waals surface area (Å²) < 4.78 is 97.0. The predicted molar refractivity (Wildman–Crippen MR) is 550 cm³/mol. The van der Waals surface area contributed by atoms with Crippen molar-refractivity contribution in [2.24, 2.45) is 0 Å². The number of carboxylic acid groups (broad SMARTS) is 3. The van der Waals surface area contributed by atoms with Gasteiger partial charge in [-0.3, -0.25) is 9.97 Å². The van der Waals surface area contributed by atoms with Crippen molar-refractivity contribution in [3.05, 3.63) is 433 Å². The number of alkyl halides is 6. The SMILES string of the molecule is C.Cc1cc(-c2ccoc2)nc(-c2cccc(-c3ccc(C)c(C(=O)O)c3)c2)n1.Cc1ccc(-c2cc(C(F)(F)F)nc(-c3cccc(-c4cccc(-c5cn[nH]n5)c4)c3)n2)cn1.Cc1ccc(-c2cccc(-c3nc(-c4cccnc4)cc(C(F)(F)F)n3)c2)cc1C(=O)O.Cc1ccc(-c2cccc(-c3nccc(-c4ccoc4)n3)c2)cc1C(=O)O.Cc1cccc(-c2cccc(-c3nc(C)cc(-c4ccoc4)n3)c2)c1. The summed E-state index contributed by atoms with van der Waals surface area (Å²) in [4.78, 5) is 86.4. The zero-order valence-electron chi connectivity index (χ0n) is 79.0. The van der Waals surface area contributed by atoms with E-state index in [0.717, 1.165) is 141 Å². The van der Waals surface area contributed by atoms with E-state index >= 15 is 0 Å². The largest absolute Gasteiger partial charge is 0.478 e. The number of hydrogen-bond donors (Lipinski definition) is 4. The molecule has 0 fully saturated rings. The van der Waals surface area contributed by atoms with E-state index in [9.17, 15) is 56.0 Å². The number of carbonyl (C=O) groups is 3. The first-order valence-corrected chi connectivity index (χ1v) is 45.4. The first-order chi connectivity index (χ1) is 70.4. The van der Waals surface area contributed by atoms with Crippen LogP contribution in [0.5, 0.6) is 0 Å². The minimum atomic E-state index is -4.65. The van der Waals surface area contributed by atoms with Gasteiger partial charge in [-0.2, -0.15) is 41.8 Å². The molecule has 21 rings (SSSR count). The van der Waals surface area contributed by atoms with Gasteiger partial charge in [0.25, 0.3) is 0 Å². The van der Waals surface area contributed by atoms with E-state index in [1.807, 2.05) is 159 Å². The van der Waals surface area contributed by atoms with Crippen LogP contribution in [0.15, 0.2) is 379 Å². The molecule has 728 valence electrons. The Labute approximate surface area is 839 Å². The quantitative estimate of drug-likeness (QED) is 0.0546. The minimum absolute atomic E-state index is 0. The standard InChI is InChI=1S/C25H17F3N6.C24H16F3N3O2.C23H18N2O3.C22H16N2O3.C22H18N2O.CH4/c1-15-8-9-20(13-29-15)21-12-23(25(26,27)28)32-24(31-21)19-7-3-5-17(11-19)16-4-2-6-18(10-16)22-14-30-34-33-22;1-14-7-8-16(11-19(14)23(31)32)15-4-2-5-17(10-15)22-29-20(18-6-3-9-28-13-18)12-21(30-22)24(25,26)27;1-14-6-7-17(12-20(14)23(26)27)16-4-3-5-18(11-16)22-24-15(2)10-21(25-22)19-8-9-28-13-19;1-14-5-6-16(12-19(14)22(25)26)15-3-2-4-17(11-15)21-23-9-7-20(24-21)18-8-10-27-13-18;1-15-5-3-6-17(11-15)18-7-4-8-19(13-18)22-23-16(2)12-21(24-22)20-9-10-25-14-20;/h2-14H,1H3,(H,30,33,34);2-13H,1H3,(H,31,32);3-13H,1-2H3,(H,26,27);2-13H,1H3,(H,25,26);3-14H,1-2H3;1H4. The number of halogens is 6. The zero-order chi connectivity index (χ0) is 102. The minimum Gasteiger partial charge on any atom is -0.478 e. The summed E-state index contributed by atoms with van der Waals surface area (Å²) in [6.45, 7) is 13.1. The number of furan rings is 3. The molecule has 21 aromatic rings. The summed E-state index contributed by atoms with van der Waals surface area (Å²) in [6, 6.07) is 89.5. The van der Waals surface area contributed by atoms with Gasteiger partial charge < -0.3 is 28.6 Å². The fourth-order valence-corrected chi connectivity index (χ4v) is 15.8. The third-order valence-corrected chi connectivity index (χ3v) is 23.3. The molecule has 10 aromatic carbocycles. The number of benzene rings is 10. The third-order valence-electron chi connectivity index (χ3n) is 23.3. The van der Waals surface area contributed by atoms with E-state index in [4.69, 9.17) is 18.2 Å². The van der Waals surface area contributed by atoms with Crippen molar-refractivity contribution < 1.29 is 69.3 Å². The van der Waals surface area contributed by atoms with E-state index in [0.29, 0.717) is 67.4 Å². The van der Waals surface area contributed by atoms with E-state index in [1.165, 1.54) is 35.8 Å². The smallest absolute Gasteiger partial charge is 0.433 e. The summed E-state index contributed by atoms with van der Waals surface area (Å²) >= 11 is 0. The number of aromatic nitrogens is 15. The molecule has 0 radical (unpaired) electrons. The van der Waals surface area contributed by atoms with Crippen molar-refractivity contribution in [1.29, 1.82) is 0 Å². The topological polar surface area (TPSA) is 348 Å². The van der Waals surface area contributed by atoms with Crippen molar-refractivity contribution in [2.75, 3.05) is 0 Å². The van der Waals surface area contributed by atoms with E-state index < -0.39 is 41.6 Å². The Kier molecular flexibility index (Phi) is 30.7. The number of pyridine rings is 2. The average Bonchev–Trinajstić information content (AvgIpc) is 1.62. The maximum absolute atomic E-state index is 13.6.